The van der Waals surface area contributed by atoms with Gasteiger partial charge in [0.2, 0.25) is 0 Å². The molecule has 0 aromatic carbocycles. The second kappa shape index (κ2) is 5.85. The Morgan fingerprint density at radius 3 is 2.00 bits per heavy atom. The van der Waals surface area contributed by atoms with E-state index in [4.69, 9.17) is 0 Å². The minimum atomic E-state index is 0.911. The molecule has 0 spiro atoms. The van der Waals surface area contributed by atoms with Gasteiger partial charge in [-0.3, -0.25) is 9.98 Å². The Morgan fingerprint density at radius 1 is 0.696 bits per heavy atom. The summed E-state index contributed by atoms with van der Waals surface area (Å²) in [5, 5.41) is 0. The van der Waals surface area contributed by atoms with Crippen molar-refractivity contribution in [1.29, 1.82) is 0 Å². The highest BCUT2D eigenvalue weighted by atomic mass is 14.8. The molecule has 0 radical (unpaired) electrons. The average Bonchev–Trinajstić information content (AvgIpc) is 3.31. The molecule has 0 saturated carbocycles. The molecule has 110 valence electrons. The third-order valence-corrected chi connectivity index (χ3v) is 3.47. The molecule has 4 heterocycles. The smallest absolute Gasteiger partial charge is 0.0659 e. The van der Waals surface area contributed by atoms with Gasteiger partial charge in [0, 0.05) is 23.8 Å². The number of hydrogen-bond acceptors (Lipinski definition) is 3. The zero-order chi connectivity index (χ0) is 15.5. The number of nitrogens with zero attached hydrogens (tertiary/aromatic N) is 3. The Hall–Kier alpha value is -3.27. The summed E-state index contributed by atoms with van der Waals surface area (Å²) >= 11 is 0. The van der Waals surface area contributed by atoms with Crippen molar-refractivity contribution in [2.75, 3.05) is 0 Å². The number of H-pyrrole nitrogens is 1. The summed E-state index contributed by atoms with van der Waals surface area (Å²) in [6.45, 7) is 0. The second-order valence-corrected chi connectivity index (χ2v) is 5.22. The van der Waals surface area contributed by atoms with Gasteiger partial charge in [0.15, 0.2) is 0 Å². The number of aromatic amines is 1. The lowest BCUT2D eigenvalue weighted by Gasteiger charge is -1.92. The van der Waals surface area contributed by atoms with Gasteiger partial charge < -0.3 is 4.98 Å². The van der Waals surface area contributed by atoms with Crippen LogP contribution in [0.4, 0.5) is 0 Å². The predicted octanol–water partition coefficient (Wildman–Crippen LogP) is 3.87. The summed E-state index contributed by atoms with van der Waals surface area (Å²) in [4.78, 5) is 16.4. The lowest BCUT2D eigenvalue weighted by atomic mass is 10.3. The van der Waals surface area contributed by atoms with Crippen molar-refractivity contribution in [1.82, 2.24) is 4.98 Å². The number of allylic oxidation sites excluding steroid dienone is 7. The molecule has 0 saturated heterocycles. The van der Waals surface area contributed by atoms with Crippen molar-refractivity contribution in [2.24, 2.45) is 15.0 Å². The van der Waals surface area contributed by atoms with E-state index in [1.54, 1.807) is 12.4 Å². The van der Waals surface area contributed by atoms with Gasteiger partial charge in [-0.2, -0.15) is 0 Å². The molecule has 0 atom stereocenters. The number of aliphatic imine (C=N–C) groups is 3. The fraction of sp³-hybridized carbons (Fsp3) is 0. The molecular weight excluding hydrogens is 284 g/mol. The van der Waals surface area contributed by atoms with Crippen LogP contribution in [0.15, 0.2) is 86.7 Å². The first-order valence-corrected chi connectivity index (χ1v) is 7.37. The molecule has 23 heavy (non-hydrogen) atoms. The van der Waals surface area contributed by atoms with Crippen molar-refractivity contribution in [3.8, 4) is 0 Å². The van der Waals surface area contributed by atoms with Crippen LogP contribution in [-0.2, 0) is 0 Å². The van der Waals surface area contributed by atoms with Gasteiger partial charge in [-0.05, 0) is 66.8 Å². The zero-order valence-corrected chi connectivity index (χ0v) is 12.3. The molecule has 3 aliphatic rings. The van der Waals surface area contributed by atoms with Crippen LogP contribution in [0.2, 0.25) is 0 Å². The summed E-state index contributed by atoms with van der Waals surface area (Å²) in [7, 11) is 0. The summed E-state index contributed by atoms with van der Waals surface area (Å²) in [5.74, 6) is 0. The maximum atomic E-state index is 4.57. The normalized spacial score (nSPS) is 23.3. The summed E-state index contributed by atoms with van der Waals surface area (Å²) in [6, 6.07) is 4.07. The molecule has 0 fully saturated rings. The van der Waals surface area contributed by atoms with E-state index in [9.17, 15) is 0 Å². The van der Waals surface area contributed by atoms with Gasteiger partial charge in [0.25, 0.3) is 0 Å². The van der Waals surface area contributed by atoms with Crippen molar-refractivity contribution >= 4 is 30.3 Å². The Morgan fingerprint density at radius 2 is 1.35 bits per heavy atom. The van der Waals surface area contributed by atoms with Gasteiger partial charge in [-0.1, -0.05) is 0 Å². The molecule has 1 aromatic heterocycles. The maximum absolute atomic E-state index is 4.57. The maximum Gasteiger partial charge on any atom is 0.0659 e. The van der Waals surface area contributed by atoms with Crippen LogP contribution < -0.4 is 0 Å². The van der Waals surface area contributed by atoms with Crippen LogP contribution in [0, 0.1) is 0 Å². The Balaban J connectivity index is 1.52. The fourth-order valence-corrected chi connectivity index (χ4v) is 2.42. The number of nitrogens with one attached hydrogen (secondary N) is 1. The van der Waals surface area contributed by atoms with Crippen LogP contribution in [0.5, 0.6) is 0 Å². The lowest BCUT2D eigenvalue weighted by molar-refractivity contribution is 1.32. The summed E-state index contributed by atoms with van der Waals surface area (Å²) in [6.07, 6.45) is 21.3. The van der Waals surface area contributed by atoms with Gasteiger partial charge in [-0.15, -0.1) is 0 Å². The van der Waals surface area contributed by atoms with Crippen molar-refractivity contribution < 1.29 is 0 Å². The molecule has 3 aliphatic heterocycles. The highest BCUT2D eigenvalue weighted by molar-refractivity contribution is 6.08. The highest BCUT2D eigenvalue weighted by Crippen LogP contribution is 2.17. The Bertz CT molecular complexity index is 881. The van der Waals surface area contributed by atoms with Crippen molar-refractivity contribution in [3.05, 3.63) is 83.1 Å². The van der Waals surface area contributed by atoms with E-state index >= 15 is 0 Å². The fourth-order valence-electron chi connectivity index (χ4n) is 2.42. The van der Waals surface area contributed by atoms with Crippen LogP contribution in [0.1, 0.15) is 11.4 Å². The molecule has 1 aromatic rings. The first kappa shape index (κ1) is 13.4. The molecule has 0 amide bonds. The summed E-state index contributed by atoms with van der Waals surface area (Å²) < 4.78 is 0. The van der Waals surface area contributed by atoms with Gasteiger partial charge in [0.1, 0.15) is 0 Å². The third kappa shape index (κ3) is 3.16. The highest BCUT2D eigenvalue weighted by Gasteiger charge is 2.05. The first-order chi connectivity index (χ1) is 11.3. The summed E-state index contributed by atoms with van der Waals surface area (Å²) in [5.41, 5.74) is 5.74. The molecule has 0 aliphatic carbocycles. The largest absolute Gasteiger partial charge is 0.355 e. The topological polar surface area (TPSA) is 52.9 Å². The quantitative estimate of drug-likeness (QED) is 0.880. The molecule has 4 heteroatoms. The monoisotopic (exact) mass is 298 g/mol. The molecular formula is C19H14N4. The van der Waals surface area contributed by atoms with Crippen LogP contribution in [0.3, 0.4) is 0 Å². The van der Waals surface area contributed by atoms with Gasteiger partial charge in [0.05, 0.1) is 22.8 Å². The van der Waals surface area contributed by atoms with Gasteiger partial charge >= 0.3 is 0 Å². The lowest BCUT2D eigenvalue weighted by Crippen LogP contribution is -1.84. The van der Waals surface area contributed by atoms with Crippen LogP contribution >= 0.6 is 0 Å². The SMILES string of the molecule is C1=C/C(=C\C2=NC(=C/c3ccc(/C=C4\C=CC=N4)[nH]3)/C=C2)N=C1. The minimum absolute atomic E-state index is 0.911. The third-order valence-electron chi connectivity index (χ3n) is 3.47. The molecule has 4 rings (SSSR count). The number of rotatable bonds is 3. The van der Waals surface area contributed by atoms with Crippen LogP contribution in [0.25, 0.3) is 12.2 Å². The molecule has 0 bridgehead atoms. The number of aromatic nitrogens is 1. The van der Waals surface area contributed by atoms with Gasteiger partial charge in [-0.25, -0.2) is 4.99 Å². The Labute approximate surface area is 134 Å². The molecule has 0 unspecified atom stereocenters. The molecule has 1 N–H and O–H groups in total. The average molecular weight is 298 g/mol. The van der Waals surface area contributed by atoms with Crippen molar-refractivity contribution in [3.63, 3.8) is 0 Å². The second-order valence-electron chi connectivity index (χ2n) is 5.22. The van der Waals surface area contributed by atoms with E-state index in [0.717, 1.165) is 34.2 Å². The predicted molar refractivity (Wildman–Crippen MR) is 96.7 cm³/mol. The van der Waals surface area contributed by atoms with E-state index in [-0.39, 0.29) is 0 Å². The number of hydrogen-bond donors (Lipinski definition) is 1. The first-order valence-electron chi connectivity index (χ1n) is 7.37. The Kier molecular flexibility index (Phi) is 3.41. The standard InChI is InChI=1S/C19H14N4/c1-3-14(20-9-1)11-16-5-7-18(22-16)13-19-8-6-17(23-19)12-15-4-2-10-21-15/h1-13,22H/b14-11+,15-12+,19-13+. The van der Waals surface area contributed by atoms with E-state index in [1.165, 1.54) is 0 Å². The van der Waals surface area contributed by atoms with E-state index in [0.29, 0.717) is 0 Å². The zero-order valence-electron chi connectivity index (χ0n) is 12.3. The van der Waals surface area contributed by atoms with Crippen molar-refractivity contribution in [2.45, 2.75) is 0 Å². The van der Waals surface area contributed by atoms with E-state index < -0.39 is 0 Å². The minimum Gasteiger partial charge on any atom is -0.355 e. The molecule has 4 nitrogen and oxygen atoms in total. The van der Waals surface area contributed by atoms with E-state index in [1.807, 2.05) is 66.8 Å². The van der Waals surface area contributed by atoms with Crippen LogP contribution in [-0.4, -0.2) is 23.1 Å². The van der Waals surface area contributed by atoms with E-state index in [2.05, 4.69) is 20.0 Å².